The third-order valence-corrected chi connectivity index (χ3v) is 4.40. The van der Waals surface area contributed by atoms with Gasteiger partial charge in [-0.2, -0.15) is 0 Å². The smallest absolute Gasteiger partial charge is 0.400 e. The number of rotatable bonds is 4. The Morgan fingerprint density at radius 2 is 1.91 bits per heavy atom. The summed E-state index contributed by atoms with van der Waals surface area (Å²) in [5, 5.41) is 3.15. The maximum Gasteiger partial charge on any atom is 0.491 e. The summed E-state index contributed by atoms with van der Waals surface area (Å²) in [7, 11) is 1.49. The highest BCUT2D eigenvalue weighted by molar-refractivity contribution is 6.55. The molecule has 1 aliphatic rings. The first kappa shape index (κ1) is 17.0. The Bertz CT molecular complexity index is 619. The molecule has 0 radical (unpaired) electrons. The second-order valence-corrected chi connectivity index (χ2v) is 6.78. The van der Waals surface area contributed by atoms with E-state index in [-0.39, 0.29) is 16.8 Å². The van der Waals surface area contributed by atoms with Crippen LogP contribution in [0.25, 0.3) is 6.08 Å². The van der Waals surface area contributed by atoms with Crippen LogP contribution in [0.2, 0.25) is 0 Å². The summed E-state index contributed by atoms with van der Waals surface area (Å²) in [5.74, 6) is 0. The highest BCUT2D eigenvalue weighted by Gasteiger charge is 2.52. The van der Waals surface area contributed by atoms with Gasteiger partial charge in [0.1, 0.15) is 0 Å². The molecule has 120 valence electrons. The Morgan fingerprint density at radius 3 is 2.41 bits per heavy atom. The number of nitrogens with one attached hydrogen (secondary N) is 2. The molecule has 2 heterocycles. The number of H-pyrrole nitrogens is 1. The van der Waals surface area contributed by atoms with Crippen LogP contribution in [0.5, 0.6) is 0 Å². The topological polar surface area (TPSA) is 63.4 Å². The monoisotopic (exact) mass is 304 g/mol. The molecule has 0 aliphatic carbocycles. The number of hydrogen-bond acceptors (Lipinski definition) is 4. The molecule has 2 N–H and O–H groups in total. The zero-order valence-electron chi connectivity index (χ0n) is 14.2. The van der Waals surface area contributed by atoms with Crippen LogP contribution in [0, 0.1) is 6.92 Å². The number of pyridine rings is 1. The van der Waals surface area contributed by atoms with Crippen LogP contribution in [-0.2, 0) is 9.31 Å². The molecule has 0 amide bonds. The van der Waals surface area contributed by atoms with Crippen molar-refractivity contribution in [3.8, 4) is 0 Å². The Hall–Kier alpha value is -1.37. The van der Waals surface area contributed by atoms with Gasteiger partial charge in [0.05, 0.1) is 11.2 Å². The highest BCUT2D eigenvalue weighted by atomic mass is 16.7. The van der Waals surface area contributed by atoms with E-state index in [0.717, 1.165) is 11.0 Å². The first-order valence-electron chi connectivity index (χ1n) is 7.56. The first-order valence-corrected chi connectivity index (χ1v) is 7.56. The van der Waals surface area contributed by atoms with E-state index in [1.165, 1.54) is 0 Å². The van der Waals surface area contributed by atoms with E-state index in [1.54, 1.807) is 13.1 Å². The Labute approximate surface area is 132 Å². The molecule has 1 aliphatic heterocycles. The largest absolute Gasteiger partial charge is 0.491 e. The van der Waals surface area contributed by atoms with Crippen molar-refractivity contribution >= 4 is 13.2 Å². The molecule has 0 spiro atoms. The third kappa shape index (κ3) is 3.34. The summed E-state index contributed by atoms with van der Waals surface area (Å²) >= 11 is 0. The molecule has 5 nitrogen and oxygen atoms in total. The van der Waals surface area contributed by atoms with E-state index >= 15 is 0 Å². The first-order chi connectivity index (χ1) is 10.2. The predicted molar refractivity (Wildman–Crippen MR) is 89.8 cm³/mol. The second-order valence-electron chi connectivity index (χ2n) is 6.78. The van der Waals surface area contributed by atoms with Gasteiger partial charge in [-0.05, 0) is 58.8 Å². The van der Waals surface area contributed by atoms with Crippen molar-refractivity contribution < 1.29 is 9.31 Å². The molecule has 1 aromatic heterocycles. The zero-order chi connectivity index (χ0) is 16.5. The number of aromatic amines is 1. The number of likely N-dealkylation sites (N-methyl/N-ethyl adjacent to an activating group) is 1. The lowest BCUT2D eigenvalue weighted by atomic mass is 9.77. The maximum atomic E-state index is 11.5. The molecular formula is C16H25BN2O3. The van der Waals surface area contributed by atoms with Crippen LogP contribution in [-0.4, -0.2) is 36.9 Å². The van der Waals surface area contributed by atoms with E-state index in [1.807, 2.05) is 46.9 Å². The van der Waals surface area contributed by atoms with Gasteiger partial charge in [-0.15, -0.1) is 0 Å². The van der Waals surface area contributed by atoms with Gasteiger partial charge in [0, 0.05) is 18.3 Å². The molecule has 0 atom stereocenters. The SMILES string of the molecule is CNCC(=Cc1c[nH]c(=O)c(C)c1)B1OC(C)(C)C(C)(C)O1. The van der Waals surface area contributed by atoms with Crippen molar-refractivity contribution in [3.63, 3.8) is 0 Å². The van der Waals surface area contributed by atoms with E-state index in [2.05, 4.69) is 10.3 Å². The summed E-state index contributed by atoms with van der Waals surface area (Å²) in [6.07, 6.45) is 3.71. The van der Waals surface area contributed by atoms with Crippen molar-refractivity contribution in [2.75, 3.05) is 13.6 Å². The van der Waals surface area contributed by atoms with Crippen LogP contribution in [0.4, 0.5) is 0 Å². The molecule has 0 unspecified atom stereocenters. The summed E-state index contributed by atoms with van der Waals surface area (Å²) in [4.78, 5) is 14.2. The molecule has 22 heavy (non-hydrogen) atoms. The van der Waals surface area contributed by atoms with E-state index in [4.69, 9.17) is 9.31 Å². The van der Waals surface area contributed by atoms with Gasteiger partial charge >= 0.3 is 7.12 Å². The van der Waals surface area contributed by atoms with Crippen molar-refractivity contribution in [3.05, 3.63) is 39.2 Å². The minimum Gasteiger partial charge on any atom is -0.400 e. The Balaban J connectivity index is 2.33. The van der Waals surface area contributed by atoms with E-state index < -0.39 is 7.12 Å². The maximum absolute atomic E-state index is 11.5. The predicted octanol–water partition coefficient (Wildman–Crippen LogP) is 1.92. The van der Waals surface area contributed by atoms with Gasteiger partial charge < -0.3 is 19.6 Å². The Morgan fingerprint density at radius 1 is 1.32 bits per heavy atom. The molecule has 0 saturated carbocycles. The number of hydrogen-bond donors (Lipinski definition) is 2. The molecular weight excluding hydrogens is 279 g/mol. The van der Waals surface area contributed by atoms with Gasteiger partial charge in [-0.25, -0.2) is 0 Å². The van der Waals surface area contributed by atoms with Crippen molar-refractivity contribution in [2.24, 2.45) is 0 Å². The second kappa shape index (κ2) is 6.03. The molecule has 1 fully saturated rings. The molecule has 1 saturated heterocycles. The normalized spacial score (nSPS) is 20.5. The van der Waals surface area contributed by atoms with Gasteiger partial charge in [0.2, 0.25) is 0 Å². The van der Waals surface area contributed by atoms with Crippen molar-refractivity contribution in [1.82, 2.24) is 10.3 Å². The highest BCUT2D eigenvalue weighted by Crippen LogP contribution is 2.38. The van der Waals surface area contributed by atoms with Crippen LogP contribution < -0.4 is 10.9 Å². The lowest BCUT2D eigenvalue weighted by molar-refractivity contribution is 0.00578. The van der Waals surface area contributed by atoms with E-state index in [0.29, 0.717) is 12.1 Å². The van der Waals surface area contributed by atoms with Gasteiger partial charge in [0.15, 0.2) is 0 Å². The van der Waals surface area contributed by atoms with Crippen molar-refractivity contribution in [1.29, 1.82) is 0 Å². The summed E-state index contributed by atoms with van der Waals surface area (Å²) in [6.45, 7) is 10.6. The number of aromatic nitrogens is 1. The quantitative estimate of drug-likeness (QED) is 0.834. The minimum atomic E-state index is -0.398. The van der Waals surface area contributed by atoms with Crippen LogP contribution in [0.3, 0.4) is 0 Å². The fourth-order valence-corrected chi connectivity index (χ4v) is 2.32. The summed E-state index contributed by atoms with van der Waals surface area (Å²) < 4.78 is 12.2. The lowest BCUT2D eigenvalue weighted by Crippen LogP contribution is -2.41. The van der Waals surface area contributed by atoms with Crippen LogP contribution in [0.1, 0.15) is 38.8 Å². The number of aryl methyl sites for hydroxylation is 1. The van der Waals surface area contributed by atoms with Gasteiger partial charge in [-0.1, -0.05) is 6.08 Å². The average molecular weight is 304 g/mol. The summed E-state index contributed by atoms with van der Waals surface area (Å²) in [5.41, 5.74) is 1.80. The fourth-order valence-electron chi connectivity index (χ4n) is 2.32. The molecule has 0 bridgehead atoms. The van der Waals surface area contributed by atoms with Crippen LogP contribution >= 0.6 is 0 Å². The molecule has 0 aromatic carbocycles. The average Bonchev–Trinajstić information content (AvgIpc) is 2.62. The minimum absolute atomic E-state index is 0.0667. The molecule has 6 heteroatoms. The Kier molecular flexibility index (Phi) is 4.66. The van der Waals surface area contributed by atoms with Gasteiger partial charge in [0.25, 0.3) is 5.56 Å². The molecule has 1 aromatic rings. The van der Waals surface area contributed by atoms with E-state index in [9.17, 15) is 4.79 Å². The fraction of sp³-hybridized carbons (Fsp3) is 0.562. The third-order valence-electron chi connectivity index (χ3n) is 4.40. The van der Waals surface area contributed by atoms with Gasteiger partial charge in [-0.3, -0.25) is 4.79 Å². The standard InChI is InChI=1S/C16H25BN2O3/c1-11-7-12(9-19-14(11)20)8-13(10-18-6)17-21-15(2,3)16(4,5)22-17/h7-9,18H,10H2,1-6H3,(H,19,20). The molecule has 2 rings (SSSR count). The van der Waals surface area contributed by atoms with Crippen LogP contribution in [0.15, 0.2) is 22.5 Å². The zero-order valence-corrected chi connectivity index (χ0v) is 14.2. The lowest BCUT2D eigenvalue weighted by Gasteiger charge is -2.32. The van der Waals surface area contributed by atoms with Crippen molar-refractivity contribution in [2.45, 2.75) is 45.8 Å². The summed E-state index contributed by atoms with van der Waals surface area (Å²) in [6, 6.07) is 1.86.